The molecule has 0 saturated heterocycles. The van der Waals surface area contributed by atoms with Crippen molar-refractivity contribution in [3.05, 3.63) is 82.3 Å². The summed E-state index contributed by atoms with van der Waals surface area (Å²) in [6.45, 7) is 0. The van der Waals surface area contributed by atoms with Gasteiger partial charge in [0.05, 0.1) is 16.2 Å². The second-order valence-corrected chi connectivity index (χ2v) is 5.48. The first-order valence-corrected chi connectivity index (χ1v) is 7.15. The summed E-state index contributed by atoms with van der Waals surface area (Å²) in [4.78, 5) is 4.70. The molecule has 3 aromatic rings. The first-order valence-electron chi connectivity index (χ1n) is 6.77. The van der Waals surface area contributed by atoms with Crippen molar-refractivity contribution >= 4 is 28.1 Å². The van der Waals surface area contributed by atoms with E-state index in [-0.39, 0.29) is 10.8 Å². The van der Waals surface area contributed by atoms with E-state index in [1.807, 2.05) is 30.3 Å². The standard InChI is InChI=1S/C18H11ClFN/c19-18-14-7-6-13(12(14)8-9-15(18)20)17-10-5-11-3-1-2-4-16(11)21-17/h1-6,8-10H,7H2. The van der Waals surface area contributed by atoms with E-state index in [0.29, 0.717) is 6.42 Å². The van der Waals surface area contributed by atoms with Gasteiger partial charge in [-0.2, -0.15) is 0 Å². The molecule has 0 radical (unpaired) electrons. The molecule has 1 aromatic heterocycles. The third-order valence-electron chi connectivity index (χ3n) is 3.87. The lowest BCUT2D eigenvalue weighted by molar-refractivity contribution is 0.626. The van der Waals surface area contributed by atoms with Crippen molar-refractivity contribution < 1.29 is 4.39 Å². The third kappa shape index (κ3) is 1.95. The minimum atomic E-state index is -0.364. The lowest BCUT2D eigenvalue weighted by atomic mass is 10.0. The van der Waals surface area contributed by atoms with Gasteiger partial charge in [-0.15, -0.1) is 0 Å². The summed E-state index contributed by atoms with van der Waals surface area (Å²) in [5.41, 5.74) is 4.70. The predicted molar refractivity (Wildman–Crippen MR) is 83.9 cm³/mol. The van der Waals surface area contributed by atoms with Crippen LogP contribution in [0.2, 0.25) is 5.02 Å². The van der Waals surface area contributed by atoms with Gasteiger partial charge in [0.25, 0.3) is 0 Å². The molecule has 0 aliphatic heterocycles. The molecule has 1 aliphatic rings. The molecule has 3 heteroatoms. The summed E-state index contributed by atoms with van der Waals surface area (Å²) < 4.78 is 13.5. The van der Waals surface area contributed by atoms with Gasteiger partial charge in [-0.3, -0.25) is 0 Å². The molecule has 0 saturated carbocycles. The number of nitrogens with zero attached hydrogens (tertiary/aromatic N) is 1. The van der Waals surface area contributed by atoms with E-state index < -0.39 is 0 Å². The Labute approximate surface area is 126 Å². The van der Waals surface area contributed by atoms with E-state index in [1.165, 1.54) is 6.07 Å². The van der Waals surface area contributed by atoms with E-state index in [2.05, 4.69) is 12.1 Å². The Morgan fingerprint density at radius 3 is 2.76 bits per heavy atom. The molecule has 2 aromatic carbocycles. The summed E-state index contributed by atoms with van der Waals surface area (Å²) in [6, 6.07) is 15.3. The highest BCUT2D eigenvalue weighted by atomic mass is 35.5. The van der Waals surface area contributed by atoms with E-state index in [4.69, 9.17) is 16.6 Å². The first-order chi connectivity index (χ1) is 10.2. The Morgan fingerprint density at radius 2 is 1.86 bits per heavy atom. The highest BCUT2D eigenvalue weighted by Crippen LogP contribution is 2.37. The van der Waals surface area contributed by atoms with Crippen LogP contribution in [0.25, 0.3) is 16.5 Å². The molecule has 0 N–H and O–H groups in total. The number of hydrogen-bond donors (Lipinski definition) is 0. The lowest BCUT2D eigenvalue weighted by Gasteiger charge is -2.08. The number of rotatable bonds is 1. The van der Waals surface area contributed by atoms with E-state index in [9.17, 15) is 4.39 Å². The quantitative estimate of drug-likeness (QED) is 0.614. The second-order valence-electron chi connectivity index (χ2n) is 5.10. The summed E-state index contributed by atoms with van der Waals surface area (Å²) in [5.74, 6) is -0.364. The number of halogens is 2. The maximum Gasteiger partial charge on any atom is 0.142 e. The monoisotopic (exact) mass is 295 g/mol. The van der Waals surface area contributed by atoms with Crippen LogP contribution < -0.4 is 0 Å². The summed E-state index contributed by atoms with van der Waals surface area (Å²) >= 11 is 6.06. The number of para-hydroxylation sites is 1. The fourth-order valence-corrected chi connectivity index (χ4v) is 3.06. The average molecular weight is 296 g/mol. The van der Waals surface area contributed by atoms with Crippen LogP contribution in [0.1, 0.15) is 16.8 Å². The molecule has 0 unspecified atom stereocenters. The summed E-state index contributed by atoms with van der Waals surface area (Å²) in [5, 5.41) is 1.33. The van der Waals surface area contributed by atoms with Crippen molar-refractivity contribution in [1.29, 1.82) is 0 Å². The largest absolute Gasteiger partial charge is 0.248 e. The molecule has 4 rings (SSSR count). The van der Waals surface area contributed by atoms with Gasteiger partial charge in [0.15, 0.2) is 0 Å². The number of allylic oxidation sites excluding steroid dienone is 1. The number of aromatic nitrogens is 1. The van der Waals surface area contributed by atoms with Crippen LogP contribution >= 0.6 is 11.6 Å². The third-order valence-corrected chi connectivity index (χ3v) is 4.28. The molecular formula is C18H11ClFN. The molecule has 1 heterocycles. The highest BCUT2D eigenvalue weighted by Gasteiger charge is 2.21. The zero-order valence-electron chi connectivity index (χ0n) is 11.1. The Kier molecular flexibility index (Phi) is 2.79. The smallest absolute Gasteiger partial charge is 0.142 e. The van der Waals surface area contributed by atoms with Gasteiger partial charge in [-0.25, -0.2) is 9.37 Å². The number of pyridine rings is 1. The fourth-order valence-electron chi connectivity index (χ4n) is 2.82. The molecule has 21 heavy (non-hydrogen) atoms. The Morgan fingerprint density at radius 1 is 1.00 bits per heavy atom. The molecular weight excluding hydrogens is 285 g/mol. The van der Waals surface area contributed by atoms with E-state index >= 15 is 0 Å². The molecule has 1 nitrogen and oxygen atoms in total. The van der Waals surface area contributed by atoms with Gasteiger partial charge >= 0.3 is 0 Å². The zero-order valence-corrected chi connectivity index (χ0v) is 11.9. The van der Waals surface area contributed by atoms with Crippen LogP contribution in [0.5, 0.6) is 0 Å². The zero-order chi connectivity index (χ0) is 14.4. The number of hydrogen-bond acceptors (Lipinski definition) is 1. The van der Waals surface area contributed by atoms with Crippen molar-refractivity contribution in [2.24, 2.45) is 0 Å². The topological polar surface area (TPSA) is 12.9 Å². The average Bonchev–Trinajstić information content (AvgIpc) is 2.95. The van der Waals surface area contributed by atoms with E-state index in [1.54, 1.807) is 6.07 Å². The van der Waals surface area contributed by atoms with Crippen molar-refractivity contribution in [2.45, 2.75) is 6.42 Å². The van der Waals surface area contributed by atoms with Crippen LogP contribution in [0.3, 0.4) is 0 Å². The van der Waals surface area contributed by atoms with Crippen LogP contribution in [0.15, 0.2) is 54.6 Å². The van der Waals surface area contributed by atoms with E-state index in [0.717, 1.165) is 33.3 Å². The summed E-state index contributed by atoms with van der Waals surface area (Å²) in [6.07, 6.45) is 2.71. The lowest BCUT2D eigenvalue weighted by Crippen LogP contribution is -1.93. The Balaban J connectivity index is 1.87. The van der Waals surface area contributed by atoms with Gasteiger partial charge in [-0.05, 0) is 35.7 Å². The van der Waals surface area contributed by atoms with Crippen LogP contribution in [0, 0.1) is 5.82 Å². The fraction of sp³-hybridized carbons (Fsp3) is 0.0556. The normalized spacial score (nSPS) is 13.3. The van der Waals surface area contributed by atoms with Crippen molar-refractivity contribution in [2.75, 3.05) is 0 Å². The SMILES string of the molecule is Fc1ccc2c(c1Cl)CC=C2c1ccc2ccccc2n1. The van der Waals surface area contributed by atoms with Crippen LogP contribution in [0.4, 0.5) is 4.39 Å². The minimum absolute atomic E-state index is 0.222. The van der Waals surface area contributed by atoms with Gasteiger partial charge in [0, 0.05) is 11.0 Å². The molecule has 0 fully saturated rings. The molecule has 0 bridgehead atoms. The summed E-state index contributed by atoms with van der Waals surface area (Å²) in [7, 11) is 0. The number of benzene rings is 2. The van der Waals surface area contributed by atoms with Gasteiger partial charge in [0.2, 0.25) is 0 Å². The van der Waals surface area contributed by atoms with Gasteiger partial charge in [0.1, 0.15) is 5.82 Å². The van der Waals surface area contributed by atoms with Gasteiger partial charge < -0.3 is 0 Å². The molecule has 1 aliphatic carbocycles. The molecule has 0 atom stereocenters. The molecule has 0 amide bonds. The first kappa shape index (κ1) is 12.5. The van der Waals surface area contributed by atoms with Crippen LogP contribution in [-0.4, -0.2) is 4.98 Å². The minimum Gasteiger partial charge on any atom is -0.248 e. The Bertz CT molecular complexity index is 899. The predicted octanol–water partition coefficient (Wildman–Crippen LogP) is 5.02. The second kappa shape index (κ2) is 4.68. The van der Waals surface area contributed by atoms with Crippen LogP contribution in [-0.2, 0) is 6.42 Å². The highest BCUT2D eigenvalue weighted by molar-refractivity contribution is 6.32. The van der Waals surface area contributed by atoms with Crippen molar-refractivity contribution in [3.8, 4) is 0 Å². The Hall–Kier alpha value is -2.19. The molecule has 102 valence electrons. The van der Waals surface area contributed by atoms with Gasteiger partial charge in [-0.1, -0.05) is 48.0 Å². The maximum atomic E-state index is 13.5. The number of fused-ring (bicyclic) bond motifs is 2. The van der Waals surface area contributed by atoms with Crippen molar-refractivity contribution in [3.63, 3.8) is 0 Å². The maximum absolute atomic E-state index is 13.5. The molecule has 0 spiro atoms. The van der Waals surface area contributed by atoms with Crippen molar-refractivity contribution in [1.82, 2.24) is 4.98 Å².